The monoisotopic (exact) mass is 167 g/mol. The highest BCUT2D eigenvalue weighted by Gasteiger charge is 1.97. The lowest BCUT2D eigenvalue weighted by Gasteiger charge is -2.04. The fourth-order valence-electron chi connectivity index (χ4n) is 0.453. The van der Waals surface area contributed by atoms with Gasteiger partial charge in [-0.05, 0) is 32.9 Å². The number of rotatable bonds is 0. The summed E-state index contributed by atoms with van der Waals surface area (Å²) in [5, 5.41) is 8.52. The quantitative estimate of drug-likeness (QED) is 0.581. The minimum atomic E-state index is -0.500. The van der Waals surface area contributed by atoms with E-state index < -0.39 is 5.60 Å². The Balaban J connectivity index is 0.000000217. The van der Waals surface area contributed by atoms with Gasteiger partial charge in [-0.3, -0.25) is 0 Å². The zero-order valence-electron chi connectivity index (χ0n) is 7.91. The minimum absolute atomic E-state index is 0.500. The maximum atomic E-state index is 8.52. The SMILES string of the molecule is CC(C)(C)O.Nc1ccccc1. The van der Waals surface area contributed by atoms with Crippen molar-refractivity contribution in [3.05, 3.63) is 30.3 Å². The van der Waals surface area contributed by atoms with Gasteiger partial charge in [-0.15, -0.1) is 0 Å². The van der Waals surface area contributed by atoms with Crippen LogP contribution >= 0.6 is 0 Å². The van der Waals surface area contributed by atoms with E-state index in [2.05, 4.69) is 0 Å². The molecule has 12 heavy (non-hydrogen) atoms. The Hall–Kier alpha value is -1.02. The Morgan fingerprint density at radius 2 is 1.42 bits per heavy atom. The molecule has 1 aromatic carbocycles. The smallest absolute Gasteiger partial charge is 0.0563 e. The highest BCUT2D eigenvalue weighted by molar-refractivity contribution is 5.35. The van der Waals surface area contributed by atoms with Gasteiger partial charge < -0.3 is 10.8 Å². The third-order valence-corrected chi connectivity index (χ3v) is 0.800. The van der Waals surface area contributed by atoms with Crippen molar-refractivity contribution in [2.45, 2.75) is 26.4 Å². The van der Waals surface area contributed by atoms with Crippen LogP contribution in [0.3, 0.4) is 0 Å². The minimum Gasteiger partial charge on any atom is -0.399 e. The molecule has 1 rings (SSSR count). The first-order chi connectivity index (χ1) is 5.39. The summed E-state index contributed by atoms with van der Waals surface area (Å²) in [6, 6.07) is 9.49. The Kier molecular flexibility index (Phi) is 4.37. The van der Waals surface area contributed by atoms with Crippen LogP contribution in [0.1, 0.15) is 20.8 Å². The van der Waals surface area contributed by atoms with Crippen molar-refractivity contribution < 1.29 is 5.11 Å². The lowest BCUT2D eigenvalue weighted by Crippen LogP contribution is -2.10. The van der Waals surface area contributed by atoms with Gasteiger partial charge in [0.1, 0.15) is 0 Å². The van der Waals surface area contributed by atoms with Gasteiger partial charge in [0, 0.05) is 5.69 Å². The van der Waals surface area contributed by atoms with Gasteiger partial charge in [-0.1, -0.05) is 18.2 Å². The summed E-state index contributed by atoms with van der Waals surface area (Å²) in [7, 11) is 0. The Labute approximate surface area is 74.0 Å². The van der Waals surface area contributed by atoms with Gasteiger partial charge in [-0.25, -0.2) is 0 Å². The predicted octanol–water partition coefficient (Wildman–Crippen LogP) is 2.05. The van der Waals surface area contributed by atoms with E-state index in [4.69, 9.17) is 10.8 Å². The zero-order valence-corrected chi connectivity index (χ0v) is 7.91. The number of nitrogen functional groups attached to an aromatic ring is 1. The molecule has 0 fully saturated rings. The van der Waals surface area contributed by atoms with Crippen LogP contribution in [0.2, 0.25) is 0 Å². The largest absolute Gasteiger partial charge is 0.399 e. The van der Waals surface area contributed by atoms with Gasteiger partial charge in [0.25, 0.3) is 0 Å². The Morgan fingerprint density at radius 1 is 1.08 bits per heavy atom. The fourth-order valence-corrected chi connectivity index (χ4v) is 0.453. The molecule has 0 aromatic heterocycles. The van der Waals surface area contributed by atoms with Crippen molar-refractivity contribution in [2.24, 2.45) is 0 Å². The molecule has 0 amide bonds. The molecule has 0 aliphatic heterocycles. The molecular formula is C10H17NO. The molecule has 0 saturated carbocycles. The molecule has 0 heterocycles. The number of hydrogen-bond acceptors (Lipinski definition) is 2. The summed E-state index contributed by atoms with van der Waals surface area (Å²) >= 11 is 0. The van der Waals surface area contributed by atoms with Gasteiger partial charge in [-0.2, -0.15) is 0 Å². The molecular weight excluding hydrogens is 150 g/mol. The lowest BCUT2D eigenvalue weighted by atomic mass is 10.2. The summed E-state index contributed by atoms with van der Waals surface area (Å²) in [5.41, 5.74) is 5.68. The van der Waals surface area contributed by atoms with E-state index in [9.17, 15) is 0 Å². The van der Waals surface area contributed by atoms with Crippen LogP contribution < -0.4 is 5.73 Å². The van der Waals surface area contributed by atoms with Crippen LogP contribution in [0.4, 0.5) is 5.69 Å². The molecule has 0 aliphatic carbocycles. The molecule has 3 N–H and O–H groups in total. The summed E-state index contributed by atoms with van der Waals surface area (Å²) in [5.74, 6) is 0. The van der Waals surface area contributed by atoms with Crippen LogP contribution in [0.25, 0.3) is 0 Å². The second-order valence-corrected chi connectivity index (χ2v) is 3.58. The van der Waals surface area contributed by atoms with Crippen LogP contribution in [-0.2, 0) is 0 Å². The maximum Gasteiger partial charge on any atom is 0.0563 e. The number of benzene rings is 1. The van der Waals surface area contributed by atoms with Gasteiger partial charge in [0.15, 0.2) is 0 Å². The molecule has 0 atom stereocenters. The highest BCUT2D eigenvalue weighted by Crippen LogP contribution is 1.95. The van der Waals surface area contributed by atoms with Gasteiger partial charge in [0.05, 0.1) is 5.60 Å². The highest BCUT2D eigenvalue weighted by atomic mass is 16.3. The first-order valence-corrected chi connectivity index (χ1v) is 3.92. The van der Waals surface area contributed by atoms with E-state index in [1.165, 1.54) is 0 Å². The molecule has 2 heteroatoms. The molecule has 2 nitrogen and oxygen atoms in total. The average Bonchev–Trinajstić information content (AvgIpc) is 1.85. The van der Waals surface area contributed by atoms with Crippen molar-refractivity contribution in [3.63, 3.8) is 0 Å². The Bertz CT molecular complexity index is 195. The average molecular weight is 167 g/mol. The van der Waals surface area contributed by atoms with Crippen molar-refractivity contribution in [1.29, 1.82) is 0 Å². The van der Waals surface area contributed by atoms with Crippen molar-refractivity contribution >= 4 is 5.69 Å². The molecule has 0 aliphatic rings. The van der Waals surface area contributed by atoms with E-state index >= 15 is 0 Å². The molecule has 0 unspecified atom stereocenters. The topological polar surface area (TPSA) is 46.2 Å². The number of para-hydroxylation sites is 1. The summed E-state index contributed by atoms with van der Waals surface area (Å²) < 4.78 is 0. The summed E-state index contributed by atoms with van der Waals surface area (Å²) in [6.07, 6.45) is 0. The van der Waals surface area contributed by atoms with Crippen molar-refractivity contribution in [2.75, 3.05) is 5.73 Å². The zero-order chi connectivity index (χ0) is 9.61. The number of aliphatic hydroxyl groups is 1. The third-order valence-electron chi connectivity index (χ3n) is 0.800. The second-order valence-electron chi connectivity index (χ2n) is 3.58. The van der Waals surface area contributed by atoms with Crippen molar-refractivity contribution in [3.8, 4) is 0 Å². The molecule has 1 aromatic rings. The van der Waals surface area contributed by atoms with Crippen LogP contribution in [0, 0.1) is 0 Å². The summed E-state index contributed by atoms with van der Waals surface area (Å²) in [6.45, 7) is 5.23. The van der Waals surface area contributed by atoms with Gasteiger partial charge in [0.2, 0.25) is 0 Å². The first-order valence-electron chi connectivity index (χ1n) is 3.92. The van der Waals surface area contributed by atoms with E-state index in [0.717, 1.165) is 5.69 Å². The molecule has 0 saturated heterocycles. The van der Waals surface area contributed by atoms with Crippen LogP contribution in [0.15, 0.2) is 30.3 Å². The number of anilines is 1. The van der Waals surface area contributed by atoms with Crippen LogP contribution in [0.5, 0.6) is 0 Å². The maximum absolute atomic E-state index is 8.52. The van der Waals surface area contributed by atoms with E-state index in [1.807, 2.05) is 30.3 Å². The van der Waals surface area contributed by atoms with E-state index in [0.29, 0.717) is 0 Å². The fraction of sp³-hybridized carbons (Fsp3) is 0.400. The number of nitrogens with two attached hydrogens (primary N) is 1. The van der Waals surface area contributed by atoms with Crippen LogP contribution in [-0.4, -0.2) is 10.7 Å². The molecule has 0 spiro atoms. The van der Waals surface area contributed by atoms with Crippen molar-refractivity contribution in [1.82, 2.24) is 0 Å². The van der Waals surface area contributed by atoms with E-state index in [1.54, 1.807) is 20.8 Å². The summed E-state index contributed by atoms with van der Waals surface area (Å²) in [4.78, 5) is 0. The second kappa shape index (κ2) is 4.78. The third kappa shape index (κ3) is 11.7. The predicted molar refractivity (Wildman–Crippen MR) is 52.8 cm³/mol. The molecule has 0 radical (unpaired) electrons. The Morgan fingerprint density at radius 3 is 1.58 bits per heavy atom. The normalized spacial score (nSPS) is 10.0. The number of hydrogen-bond donors (Lipinski definition) is 2. The first kappa shape index (κ1) is 11.0. The molecule has 0 bridgehead atoms. The van der Waals surface area contributed by atoms with Gasteiger partial charge >= 0.3 is 0 Å². The molecule has 68 valence electrons. The standard InChI is InChI=1S/C6H7N.C4H10O/c7-6-4-2-1-3-5-6;1-4(2,3)5/h1-5H,7H2;5H,1-3H3. The van der Waals surface area contributed by atoms with E-state index in [-0.39, 0.29) is 0 Å². The lowest BCUT2D eigenvalue weighted by molar-refractivity contribution is 0.102.